The van der Waals surface area contributed by atoms with Crippen LogP contribution in [0, 0.1) is 13.8 Å². The van der Waals surface area contributed by atoms with E-state index in [4.69, 9.17) is 0 Å². The van der Waals surface area contributed by atoms with Crippen molar-refractivity contribution in [3.63, 3.8) is 0 Å². The van der Waals surface area contributed by atoms with Gasteiger partial charge in [0.15, 0.2) is 0 Å². The number of amides is 1. The number of imidazole rings is 1. The molecule has 2 aromatic rings. The first-order valence-electron chi connectivity index (χ1n) is 6.73. The van der Waals surface area contributed by atoms with E-state index in [0.717, 1.165) is 30.2 Å². The summed E-state index contributed by atoms with van der Waals surface area (Å²) in [5.41, 5.74) is 2.27. The number of hydrogen-bond donors (Lipinski definition) is 1. The fraction of sp³-hybridized carbons (Fsp3) is 0.429. The molecule has 0 aromatic carbocycles. The molecule has 0 spiro atoms. The molecule has 1 aliphatic rings. The summed E-state index contributed by atoms with van der Waals surface area (Å²) in [5.74, 6) is 1.20. The predicted molar refractivity (Wildman–Crippen MR) is 73.4 cm³/mol. The molecule has 0 saturated carbocycles. The van der Waals surface area contributed by atoms with Gasteiger partial charge in [-0.15, -0.1) is 0 Å². The van der Waals surface area contributed by atoms with Gasteiger partial charge in [-0.3, -0.25) is 9.78 Å². The van der Waals surface area contributed by atoms with Crippen molar-refractivity contribution in [2.75, 3.05) is 13.1 Å². The number of carbonyl (C=O) groups excluding carboxylic acids is 1. The van der Waals surface area contributed by atoms with Crippen molar-refractivity contribution in [1.29, 1.82) is 0 Å². The summed E-state index contributed by atoms with van der Waals surface area (Å²) in [6, 6.07) is 0. The van der Waals surface area contributed by atoms with Crippen molar-refractivity contribution >= 4 is 5.91 Å². The highest BCUT2D eigenvalue weighted by atomic mass is 16.2. The van der Waals surface area contributed by atoms with Crippen LogP contribution in [0.2, 0.25) is 0 Å². The molecule has 1 saturated heterocycles. The fourth-order valence-corrected chi connectivity index (χ4v) is 2.47. The number of H-pyrrole nitrogens is 1. The Morgan fingerprint density at radius 2 is 2.10 bits per heavy atom. The standard InChI is InChI=1S/C14H17N5O/c1-9-5-16-12(7-15-9)14(20)19-4-3-11(8-19)13-17-6-10(2)18-13/h5-7,11H,3-4,8H2,1-2H3,(H,17,18)/t11-/m0/s1. The Balaban J connectivity index is 1.70. The van der Waals surface area contributed by atoms with Gasteiger partial charge in [-0.2, -0.15) is 0 Å². The zero-order valence-corrected chi connectivity index (χ0v) is 11.6. The molecule has 3 rings (SSSR count). The first-order chi connectivity index (χ1) is 9.63. The van der Waals surface area contributed by atoms with Crippen molar-refractivity contribution in [2.45, 2.75) is 26.2 Å². The molecule has 2 aromatic heterocycles. The number of carbonyl (C=O) groups is 1. The van der Waals surface area contributed by atoms with Crippen molar-refractivity contribution in [3.05, 3.63) is 41.5 Å². The molecule has 0 aliphatic carbocycles. The Morgan fingerprint density at radius 1 is 1.25 bits per heavy atom. The summed E-state index contributed by atoms with van der Waals surface area (Å²) < 4.78 is 0. The van der Waals surface area contributed by atoms with E-state index >= 15 is 0 Å². The van der Waals surface area contributed by atoms with E-state index in [1.807, 2.05) is 24.9 Å². The van der Waals surface area contributed by atoms with Gasteiger partial charge in [0.2, 0.25) is 0 Å². The highest BCUT2D eigenvalue weighted by Crippen LogP contribution is 2.25. The summed E-state index contributed by atoms with van der Waals surface area (Å²) in [7, 11) is 0. The molecule has 104 valence electrons. The number of rotatable bonds is 2. The number of aryl methyl sites for hydroxylation is 2. The molecular formula is C14H17N5O. The van der Waals surface area contributed by atoms with Crippen LogP contribution in [0.15, 0.2) is 18.6 Å². The zero-order valence-electron chi connectivity index (χ0n) is 11.6. The van der Waals surface area contributed by atoms with Crippen LogP contribution in [-0.2, 0) is 0 Å². The SMILES string of the molecule is Cc1cnc(C(=O)N2CC[C@H](c3ncc(C)[nH]3)C2)cn1. The van der Waals surface area contributed by atoms with Crippen LogP contribution in [0.4, 0.5) is 0 Å². The summed E-state index contributed by atoms with van der Waals surface area (Å²) >= 11 is 0. The Bertz CT molecular complexity index is 619. The molecule has 1 atom stereocenters. The Kier molecular flexibility index (Phi) is 3.22. The summed E-state index contributed by atoms with van der Waals surface area (Å²) in [6.07, 6.45) is 5.92. The molecule has 20 heavy (non-hydrogen) atoms. The average Bonchev–Trinajstić information content (AvgIpc) is 3.07. The third-order valence-electron chi connectivity index (χ3n) is 3.58. The van der Waals surface area contributed by atoms with Crippen LogP contribution < -0.4 is 0 Å². The summed E-state index contributed by atoms with van der Waals surface area (Å²) in [4.78, 5) is 30.0. The molecule has 0 bridgehead atoms. The second kappa shape index (κ2) is 5.03. The monoisotopic (exact) mass is 271 g/mol. The van der Waals surface area contributed by atoms with Gasteiger partial charge in [0.25, 0.3) is 5.91 Å². The first-order valence-corrected chi connectivity index (χ1v) is 6.73. The van der Waals surface area contributed by atoms with E-state index < -0.39 is 0 Å². The molecule has 6 heteroatoms. The minimum atomic E-state index is -0.0525. The lowest BCUT2D eigenvalue weighted by molar-refractivity contribution is 0.0784. The number of hydrogen-bond acceptors (Lipinski definition) is 4. The second-order valence-corrected chi connectivity index (χ2v) is 5.23. The van der Waals surface area contributed by atoms with Gasteiger partial charge in [-0.05, 0) is 20.3 Å². The minimum Gasteiger partial charge on any atom is -0.346 e. The summed E-state index contributed by atoms with van der Waals surface area (Å²) in [6.45, 7) is 5.25. The molecule has 1 N–H and O–H groups in total. The van der Waals surface area contributed by atoms with E-state index in [9.17, 15) is 4.79 Å². The molecular weight excluding hydrogens is 254 g/mol. The highest BCUT2D eigenvalue weighted by molar-refractivity contribution is 5.92. The smallest absolute Gasteiger partial charge is 0.274 e. The quantitative estimate of drug-likeness (QED) is 0.897. The largest absolute Gasteiger partial charge is 0.346 e. The molecule has 1 amide bonds. The highest BCUT2D eigenvalue weighted by Gasteiger charge is 2.30. The summed E-state index contributed by atoms with van der Waals surface area (Å²) in [5, 5.41) is 0. The van der Waals surface area contributed by atoms with Gasteiger partial charge < -0.3 is 9.88 Å². The third-order valence-corrected chi connectivity index (χ3v) is 3.58. The van der Waals surface area contributed by atoms with E-state index in [-0.39, 0.29) is 11.8 Å². The Labute approximate surface area is 117 Å². The normalized spacial score (nSPS) is 18.5. The molecule has 1 aliphatic heterocycles. The molecule has 0 unspecified atom stereocenters. The van der Waals surface area contributed by atoms with Crippen LogP contribution in [0.1, 0.15) is 40.0 Å². The van der Waals surface area contributed by atoms with Crippen molar-refractivity contribution in [1.82, 2.24) is 24.8 Å². The van der Waals surface area contributed by atoms with Crippen LogP contribution >= 0.6 is 0 Å². The van der Waals surface area contributed by atoms with Crippen LogP contribution in [0.25, 0.3) is 0 Å². The van der Waals surface area contributed by atoms with Gasteiger partial charge in [-0.1, -0.05) is 0 Å². The second-order valence-electron chi connectivity index (χ2n) is 5.23. The third kappa shape index (κ3) is 2.41. The Morgan fingerprint density at radius 3 is 2.75 bits per heavy atom. The number of nitrogens with zero attached hydrogens (tertiary/aromatic N) is 4. The average molecular weight is 271 g/mol. The maximum absolute atomic E-state index is 12.3. The van der Waals surface area contributed by atoms with E-state index in [1.165, 1.54) is 0 Å². The number of aromatic amines is 1. The van der Waals surface area contributed by atoms with Crippen molar-refractivity contribution in [3.8, 4) is 0 Å². The topological polar surface area (TPSA) is 74.8 Å². The van der Waals surface area contributed by atoms with Crippen LogP contribution in [0.5, 0.6) is 0 Å². The lowest BCUT2D eigenvalue weighted by Crippen LogP contribution is -2.29. The number of likely N-dealkylation sites (tertiary alicyclic amines) is 1. The lowest BCUT2D eigenvalue weighted by atomic mass is 10.1. The maximum atomic E-state index is 12.3. The Hall–Kier alpha value is -2.24. The van der Waals surface area contributed by atoms with Crippen LogP contribution in [-0.4, -0.2) is 43.8 Å². The predicted octanol–water partition coefficient (Wildman–Crippen LogP) is 1.45. The van der Waals surface area contributed by atoms with Gasteiger partial charge in [0.1, 0.15) is 11.5 Å². The van der Waals surface area contributed by atoms with Crippen LogP contribution in [0.3, 0.4) is 0 Å². The fourth-order valence-electron chi connectivity index (χ4n) is 2.47. The zero-order chi connectivity index (χ0) is 14.1. The first kappa shape index (κ1) is 12.8. The maximum Gasteiger partial charge on any atom is 0.274 e. The number of aromatic nitrogens is 4. The van der Waals surface area contributed by atoms with Gasteiger partial charge in [-0.25, -0.2) is 9.97 Å². The van der Waals surface area contributed by atoms with E-state index in [2.05, 4.69) is 19.9 Å². The van der Waals surface area contributed by atoms with E-state index in [0.29, 0.717) is 12.2 Å². The van der Waals surface area contributed by atoms with Gasteiger partial charge >= 0.3 is 0 Å². The molecule has 3 heterocycles. The van der Waals surface area contributed by atoms with E-state index in [1.54, 1.807) is 12.4 Å². The van der Waals surface area contributed by atoms with Crippen molar-refractivity contribution < 1.29 is 4.79 Å². The number of nitrogens with one attached hydrogen (secondary N) is 1. The minimum absolute atomic E-state index is 0.0525. The molecule has 0 radical (unpaired) electrons. The molecule has 1 fully saturated rings. The van der Waals surface area contributed by atoms with Gasteiger partial charge in [0.05, 0.1) is 11.9 Å². The van der Waals surface area contributed by atoms with Crippen molar-refractivity contribution in [2.24, 2.45) is 0 Å². The molecule has 6 nitrogen and oxygen atoms in total. The van der Waals surface area contributed by atoms with Gasteiger partial charge in [0, 0.05) is 37.1 Å². The lowest BCUT2D eigenvalue weighted by Gasteiger charge is -2.15.